The number of piperidine rings is 1. The summed E-state index contributed by atoms with van der Waals surface area (Å²) in [4.78, 5) is 25.0. The lowest BCUT2D eigenvalue weighted by molar-refractivity contribution is -0.137. The summed E-state index contributed by atoms with van der Waals surface area (Å²) in [5, 5.41) is 2.97. The van der Waals surface area contributed by atoms with Gasteiger partial charge in [-0.1, -0.05) is 12.2 Å². The summed E-state index contributed by atoms with van der Waals surface area (Å²) < 4.78 is 0. The molecule has 2 amide bonds. The third-order valence-corrected chi connectivity index (χ3v) is 3.36. The Bertz CT molecular complexity index is 325. The van der Waals surface area contributed by atoms with Crippen molar-refractivity contribution in [3.63, 3.8) is 0 Å². The second kappa shape index (κ2) is 5.84. The number of hydrogen-bond donors (Lipinski definition) is 1. The van der Waals surface area contributed by atoms with Gasteiger partial charge in [-0.25, -0.2) is 0 Å². The fourth-order valence-corrected chi connectivity index (χ4v) is 2.39. The smallest absolute Gasteiger partial charge is 0.240 e. The minimum absolute atomic E-state index is 0.0307. The van der Waals surface area contributed by atoms with Crippen molar-refractivity contribution >= 4 is 11.8 Å². The zero-order valence-electron chi connectivity index (χ0n) is 10.2. The topological polar surface area (TPSA) is 49.4 Å². The first-order valence-electron chi connectivity index (χ1n) is 6.49. The standard InChI is InChI=1S/C13H20N2O2/c16-12(14-11-6-2-1-3-7-11)10-15-9-5-4-8-13(15)17/h2,6,11H,1,3-5,7-10H2,(H,14,16). The molecule has 1 unspecified atom stereocenters. The molecule has 1 atom stereocenters. The molecule has 1 N–H and O–H groups in total. The van der Waals surface area contributed by atoms with Crippen LogP contribution in [0.3, 0.4) is 0 Å². The van der Waals surface area contributed by atoms with Crippen LogP contribution in [0.2, 0.25) is 0 Å². The van der Waals surface area contributed by atoms with Crippen LogP contribution in [0.25, 0.3) is 0 Å². The number of amides is 2. The normalized spacial score (nSPS) is 24.8. The first-order valence-corrected chi connectivity index (χ1v) is 6.49. The molecule has 0 aromatic heterocycles. The second-order valence-corrected chi connectivity index (χ2v) is 4.81. The van der Waals surface area contributed by atoms with Crippen molar-refractivity contribution < 1.29 is 9.59 Å². The molecule has 1 aliphatic heterocycles. The number of rotatable bonds is 3. The zero-order valence-corrected chi connectivity index (χ0v) is 10.2. The number of carbonyl (C=O) groups excluding carboxylic acids is 2. The number of nitrogens with zero attached hydrogens (tertiary/aromatic N) is 1. The van der Waals surface area contributed by atoms with E-state index in [1.165, 1.54) is 0 Å². The van der Waals surface area contributed by atoms with Gasteiger partial charge in [-0.15, -0.1) is 0 Å². The molecule has 0 bridgehead atoms. The zero-order chi connectivity index (χ0) is 12.1. The van der Waals surface area contributed by atoms with Crippen LogP contribution in [-0.4, -0.2) is 35.8 Å². The highest BCUT2D eigenvalue weighted by Gasteiger charge is 2.21. The minimum Gasteiger partial charge on any atom is -0.348 e. The van der Waals surface area contributed by atoms with Crippen molar-refractivity contribution in [2.24, 2.45) is 0 Å². The van der Waals surface area contributed by atoms with Gasteiger partial charge in [-0.05, 0) is 32.1 Å². The highest BCUT2D eigenvalue weighted by Crippen LogP contribution is 2.11. The second-order valence-electron chi connectivity index (χ2n) is 4.81. The molecule has 1 aliphatic carbocycles. The van der Waals surface area contributed by atoms with Gasteiger partial charge < -0.3 is 10.2 Å². The van der Waals surface area contributed by atoms with Gasteiger partial charge in [0.2, 0.25) is 11.8 Å². The van der Waals surface area contributed by atoms with E-state index in [2.05, 4.69) is 17.5 Å². The summed E-state index contributed by atoms with van der Waals surface area (Å²) in [6.45, 7) is 0.954. The van der Waals surface area contributed by atoms with E-state index in [4.69, 9.17) is 0 Å². The minimum atomic E-state index is -0.0307. The summed E-state index contributed by atoms with van der Waals surface area (Å²) in [6.07, 6.45) is 9.98. The van der Waals surface area contributed by atoms with Crippen molar-refractivity contribution in [2.75, 3.05) is 13.1 Å². The summed E-state index contributed by atoms with van der Waals surface area (Å²) >= 11 is 0. The predicted octanol–water partition coefficient (Wildman–Crippen LogP) is 1.22. The maximum Gasteiger partial charge on any atom is 0.240 e. The summed E-state index contributed by atoms with van der Waals surface area (Å²) in [7, 11) is 0. The van der Waals surface area contributed by atoms with Crippen molar-refractivity contribution in [1.29, 1.82) is 0 Å². The van der Waals surface area contributed by atoms with Gasteiger partial charge in [-0.3, -0.25) is 9.59 Å². The van der Waals surface area contributed by atoms with E-state index in [0.29, 0.717) is 6.42 Å². The first kappa shape index (κ1) is 12.1. The number of allylic oxidation sites excluding steroid dienone is 1. The van der Waals surface area contributed by atoms with Crippen LogP contribution in [0.4, 0.5) is 0 Å². The summed E-state index contributed by atoms with van der Waals surface area (Å²) in [5.41, 5.74) is 0. The molecule has 17 heavy (non-hydrogen) atoms. The van der Waals surface area contributed by atoms with Crippen LogP contribution in [0.15, 0.2) is 12.2 Å². The fraction of sp³-hybridized carbons (Fsp3) is 0.692. The maximum absolute atomic E-state index is 11.8. The molecule has 0 spiro atoms. The third-order valence-electron chi connectivity index (χ3n) is 3.36. The lowest BCUT2D eigenvalue weighted by Gasteiger charge is -2.27. The Morgan fingerprint density at radius 1 is 1.41 bits per heavy atom. The molecule has 4 nitrogen and oxygen atoms in total. The van der Waals surface area contributed by atoms with Crippen LogP contribution in [-0.2, 0) is 9.59 Å². The molecule has 2 aliphatic rings. The highest BCUT2D eigenvalue weighted by atomic mass is 16.2. The van der Waals surface area contributed by atoms with Crippen molar-refractivity contribution in [2.45, 2.75) is 44.6 Å². The van der Waals surface area contributed by atoms with Crippen LogP contribution in [0.5, 0.6) is 0 Å². The largest absolute Gasteiger partial charge is 0.348 e. The van der Waals surface area contributed by atoms with Gasteiger partial charge in [-0.2, -0.15) is 0 Å². The maximum atomic E-state index is 11.8. The van der Waals surface area contributed by atoms with Gasteiger partial charge in [0.05, 0.1) is 6.54 Å². The van der Waals surface area contributed by atoms with Gasteiger partial charge >= 0.3 is 0 Å². The molecule has 1 saturated heterocycles. The van der Waals surface area contributed by atoms with Crippen LogP contribution >= 0.6 is 0 Å². The molecule has 2 rings (SSSR count). The Kier molecular flexibility index (Phi) is 4.18. The van der Waals surface area contributed by atoms with Gasteiger partial charge in [0.15, 0.2) is 0 Å². The quantitative estimate of drug-likeness (QED) is 0.749. The molecule has 1 heterocycles. The average molecular weight is 236 g/mol. The molecule has 0 saturated carbocycles. The van der Waals surface area contributed by atoms with Gasteiger partial charge in [0.25, 0.3) is 0 Å². The average Bonchev–Trinajstić information content (AvgIpc) is 2.33. The number of hydrogen-bond acceptors (Lipinski definition) is 2. The van der Waals surface area contributed by atoms with Crippen LogP contribution < -0.4 is 5.32 Å². The van der Waals surface area contributed by atoms with Gasteiger partial charge in [0.1, 0.15) is 0 Å². The summed E-state index contributed by atoms with van der Waals surface area (Å²) in [6, 6.07) is 0.163. The van der Waals surface area contributed by atoms with Crippen molar-refractivity contribution in [3.8, 4) is 0 Å². The summed E-state index contributed by atoms with van der Waals surface area (Å²) in [5.74, 6) is 0.0855. The SMILES string of the molecule is O=C(CN1CCCCC1=O)NC1C=CCCC1. The van der Waals surface area contributed by atoms with E-state index in [-0.39, 0.29) is 24.4 Å². The molecule has 0 aromatic carbocycles. The Labute approximate surface area is 102 Å². The lowest BCUT2D eigenvalue weighted by atomic mass is 10.0. The fourth-order valence-electron chi connectivity index (χ4n) is 2.39. The van der Waals surface area contributed by atoms with E-state index in [9.17, 15) is 9.59 Å². The molecule has 4 heteroatoms. The number of likely N-dealkylation sites (tertiary alicyclic amines) is 1. The van der Waals surface area contributed by atoms with E-state index in [1.807, 2.05) is 0 Å². The van der Waals surface area contributed by atoms with Crippen LogP contribution in [0, 0.1) is 0 Å². The molecular weight excluding hydrogens is 216 g/mol. The van der Waals surface area contributed by atoms with E-state index < -0.39 is 0 Å². The first-order chi connectivity index (χ1) is 8.25. The number of nitrogens with one attached hydrogen (secondary N) is 1. The van der Waals surface area contributed by atoms with Crippen molar-refractivity contribution in [1.82, 2.24) is 10.2 Å². The molecular formula is C13H20N2O2. The highest BCUT2D eigenvalue weighted by molar-refractivity contribution is 5.85. The number of carbonyl (C=O) groups is 2. The Morgan fingerprint density at radius 2 is 2.29 bits per heavy atom. The predicted molar refractivity (Wildman–Crippen MR) is 65.4 cm³/mol. The lowest BCUT2D eigenvalue weighted by Crippen LogP contribution is -2.45. The molecule has 1 fully saturated rings. The van der Waals surface area contributed by atoms with E-state index >= 15 is 0 Å². The third kappa shape index (κ3) is 3.58. The Morgan fingerprint density at radius 3 is 3.00 bits per heavy atom. The molecule has 0 radical (unpaired) electrons. The van der Waals surface area contributed by atoms with E-state index in [1.54, 1.807) is 4.90 Å². The monoisotopic (exact) mass is 236 g/mol. The van der Waals surface area contributed by atoms with Crippen LogP contribution in [0.1, 0.15) is 38.5 Å². The molecule has 94 valence electrons. The van der Waals surface area contributed by atoms with Crippen molar-refractivity contribution in [3.05, 3.63) is 12.2 Å². The molecule has 0 aromatic rings. The Hall–Kier alpha value is -1.32. The van der Waals surface area contributed by atoms with E-state index in [0.717, 1.165) is 38.6 Å². The van der Waals surface area contributed by atoms with Gasteiger partial charge in [0, 0.05) is 19.0 Å². The Balaban J connectivity index is 1.78.